The molecule has 0 radical (unpaired) electrons. The van der Waals surface area contributed by atoms with Crippen molar-refractivity contribution in [3.63, 3.8) is 0 Å². The summed E-state index contributed by atoms with van der Waals surface area (Å²) in [6.07, 6.45) is 3.33. The van der Waals surface area contributed by atoms with E-state index in [1.165, 1.54) is 0 Å². The molecule has 2 bridgehead atoms. The van der Waals surface area contributed by atoms with Gasteiger partial charge in [-0.3, -0.25) is 0 Å². The van der Waals surface area contributed by atoms with Crippen molar-refractivity contribution in [2.75, 3.05) is 7.11 Å². The van der Waals surface area contributed by atoms with Crippen molar-refractivity contribution in [1.82, 2.24) is 0 Å². The summed E-state index contributed by atoms with van der Waals surface area (Å²) in [6.45, 7) is 2.03. The molecule has 2 fully saturated rings. The highest BCUT2D eigenvalue weighted by Gasteiger charge is 2.73. The first-order valence-corrected chi connectivity index (χ1v) is 7.50. The third-order valence-electron chi connectivity index (χ3n) is 4.86. The van der Waals surface area contributed by atoms with Crippen LogP contribution in [0.5, 0.6) is 11.5 Å². The molecule has 0 spiro atoms. The molecule has 5 heteroatoms. The van der Waals surface area contributed by atoms with Crippen LogP contribution >= 0.6 is 0 Å². The van der Waals surface area contributed by atoms with E-state index in [4.69, 9.17) is 14.2 Å². The Labute approximate surface area is 128 Å². The third-order valence-corrected chi connectivity index (χ3v) is 4.86. The molecule has 5 nitrogen and oxygen atoms in total. The summed E-state index contributed by atoms with van der Waals surface area (Å²) in [5, 5.41) is 10.3. The van der Waals surface area contributed by atoms with Gasteiger partial charge in [-0.25, -0.2) is 4.79 Å². The summed E-state index contributed by atoms with van der Waals surface area (Å²) >= 11 is 0. The molecule has 0 amide bonds. The smallest absolute Gasteiger partial charge is 0.342 e. The lowest BCUT2D eigenvalue weighted by Crippen LogP contribution is -2.22. The van der Waals surface area contributed by atoms with Crippen molar-refractivity contribution >= 4 is 5.97 Å². The van der Waals surface area contributed by atoms with Gasteiger partial charge in [0.2, 0.25) is 0 Å². The number of phenols is 1. The molecule has 0 aromatic heterocycles. The number of methoxy groups -OCH3 is 1. The summed E-state index contributed by atoms with van der Waals surface area (Å²) < 4.78 is 16.8. The number of aromatic hydroxyl groups is 1. The number of ether oxygens (including phenoxy) is 3. The average Bonchev–Trinajstić information content (AvgIpc) is 3.16. The van der Waals surface area contributed by atoms with E-state index in [1.54, 1.807) is 19.2 Å². The van der Waals surface area contributed by atoms with Crippen molar-refractivity contribution in [1.29, 1.82) is 0 Å². The number of hydrogen-bond acceptors (Lipinski definition) is 5. The van der Waals surface area contributed by atoms with Crippen molar-refractivity contribution < 1.29 is 24.1 Å². The first-order chi connectivity index (χ1) is 10.6. The molecule has 1 aromatic rings. The van der Waals surface area contributed by atoms with E-state index in [0.717, 1.165) is 23.1 Å². The second-order valence-corrected chi connectivity index (χ2v) is 6.20. The second kappa shape index (κ2) is 4.49. The molecule has 0 saturated carbocycles. The van der Waals surface area contributed by atoms with Crippen LogP contribution in [0.3, 0.4) is 0 Å². The van der Waals surface area contributed by atoms with Crippen LogP contribution in [0.15, 0.2) is 23.8 Å². The van der Waals surface area contributed by atoms with Crippen LogP contribution in [0.2, 0.25) is 0 Å². The van der Waals surface area contributed by atoms with Gasteiger partial charge < -0.3 is 19.3 Å². The standard InChI is InChI=1S/C17H18O5/c1-9-4-3-7-17-15(22-17)14(21-16(17)19)13-10(8-9)11(18)5-6-12(13)20-2/h4-6,14-15,18H,3,7-8H2,1-2H3. The predicted octanol–water partition coefficient (Wildman–Crippen LogP) is 2.42. The maximum atomic E-state index is 12.3. The van der Waals surface area contributed by atoms with E-state index in [9.17, 15) is 9.90 Å². The Kier molecular flexibility index (Phi) is 2.78. The molecule has 1 aliphatic carbocycles. The van der Waals surface area contributed by atoms with E-state index >= 15 is 0 Å². The number of carbonyl (C=O) groups excluding carboxylic acids is 1. The number of allylic oxidation sites excluding steroid dienone is 2. The fourth-order valence-corrected chi connectivity index (χ4v) is 3.64. The van der Waals surface area contributed by atoms with Gasteiger partial charge in [-0.2, -0.15) is 0 Å². The van der Waals surface area contributed by atoms with Crippen LogP contribution < -0.4 is 4.74 Å². The van der Waals surface area contributed by atoms with Crippen LogP contribution in [-0.4, -0.2) is 29.9 Å². The Hall–Kier alpha value is -2.01. The lowest BCUT2D eigenvalue weighted by Gasteiger charge is -2.20. The van der Waals surface area contributed by atoms with Gasteiger partial charge in [-0.1, -0.05) is 11.6 Å². The summed E-state index contributed by atoms with van der Waals surface area (Å²) in [5.41, 5.74) is 1.83. The zero-order chi connectivity index (χ0) is 15.5. The van der Waals surface area contributed by atoms with Crippen molar-refractivity contribution in [3.05, 3.63) is 34.9 Å². The number of benzene rings is 1. The van der Waals surface area contributed by atoms with Gasteiger partial charge in [0.1, 0.15) is 17.6 Å². The molecule has 3 unspecified atom stereocenters. The van der Waals surface area contributed by atoms with Gasteiger partial charge in [0, 0.05) is 11.1 Å². The second-order valence-electron chi connectivity index (χ2n) is 6.20. The zero-order valence-corrected chi connectivity index (χ0v) is 12.6. The Morgan fingerprint density at radius 2 is 2.23 bits per heavy atom. The molecule has 3 atom stereocenters. The molecule has 2 aliphatic heterocycles. The highest BCUT2D eigenvalue weighted by atomic mass is 16.7. The Morgan fingerprint density at radius 1 is 1.41 bits per heavy atom. The van der Waals surface area contributed by atoms with Gasteiger partial charge in [0.05, 0.1) is 7.11 Å². The molecule has 2 saturated heterocycles. The Bertz CT molecular complexity index is 693. The fourth-order valence-electron chi connectivity index (χ4n) is 3.64. The Balaban J connectivity index is 1.92. The minimum absolute atomic E-state index is 0.193. The highest BCUT2D eigenvalue weighted by Crippen LogP contribution is 2.58. The topological polar surface area (TPSA) is 68.3 Å². The molecular weight excluding hydrogens is 284 g/mol. The lowest BCUT2D eigenvalue weighted by molar-refractivity contribution is -0.154. The highest BCUT2D eigenvalue weighted by molar-refractivity contribution is 5.87. The minimum atomic E-state index is -0.799. The van der Waals surface area contributed by atoms with E-state index in [0.29, 0.717) is 18.6 Å². The van der Waals surface area contributed by atoms with Gasteiger partial charge in [-0.05, 0) is 38.3 Å². The molecule has 4 rings (SSSR count). The van der Waals surface area contributed by atoms with Crippen molar-refractivity contribution in [3.8, 4) is 11.5 Å². The van der Waals surface area contributed by atoms with E-state index in [-0.39, 0.29) is 17.8 Å². The maximum Gasteiger partial charge on any atom is 0.342 e. The molecule has 116 valence electrons. The molecule has 1 N–H and O–H groups in total. The predicted molar refractivity (Wildman–Crippen MR) is 77.8 cm³/mol. The van der Waals surface area contributed by atoms with Crippen LogP contribution in [0, 0.1) is 0 Å². The Morgan fingerprint density at radius 3 is 2.95 bits per heavy atom. The van der Waals surface area contributed by atoms with Gasteiger partial charge >= 0.3 is 5.97 Å². The zero-order valence-electron chi connectivity index (χ0n) is 12.6. The molecule has 1 aromatic carbocycles. The van der Waals surface area contributed by atoms with Crippen LogP contribution in [0.1, 0.15) is 37.0 Å². The fraction of sp³-hybridized carbons (Fsp3) is 0.471. The van der Waals surface area contributed by atoms with Crippen LogP contribution in [-0.2, 0) is 20.7 Å². The minimum Gasteiger partial charge on any atom is -0.508 e. The number of hydrogen-bond donors (Lipinski definition) is 1. The van der Waals surface area contributed by atoms with E-state index in [2.05, 4.69) is 6.08 Å². The van der Waals surface area contributed by atoms with E-state index in [1.807, 2.05) is 6.92 Å². The largest absolute Gasteiger partial charge is 0.508 e. The number of esters is 1. The number of epoxide rings is 1. The van der Waals surface area contributed by atoms with E-state index < -0.39 is 11.7 Å². The molecule has 2 heterocycles. The third kappa shape index (κ3) is 1.72. The van der Waals surface area contributed by atoms with Gasteiger partial charge in [-0.15, -0.1) is 0 Å². The number of fused-ring (bicyclic) bond motifs is 2. The summed E-state index contributed by atoms with van der Waals surface area (Å²) in [7, 11) is 1.58. The van der Waals surface area contributed by atoms with Crippen molar-refractivity contribution in [2.24, 2.45) is 0 Å². The first kappa shape index (κ1) is 13.6. The molecular formula is C17H18O5. The molecule has 3 aliphatic rings. The summed E-state index contributed by atoms with van der Waals surface area (Å²) in [5.74, 6) is 0.510. The van der Waals surface area contributed by atoms with Crippen molar-refractivity contribution in [2.45, 2.75) is 44.0 Å². The SMILES string of the molecule is COc1ccc(O)c2c1C1OC(=O)C3(CCC=C(C)C2)OC13. The van der Waals surface area contributed by atoms with Gasteiger partial charge in [0.15, 0.2) is 11.7 Å². The maximum absolute atomic E-state index is 12.3. The summed E-state index contributed by atoms with van der Waals surface area (Å²) in [4.78, 5) is 12.3. The van der Waals surface area contributed by atoms with Gasteiger partial charge in [0.25, 0.3) is 0 Å². The lowest BCUT2D eigenvalue weighted by atomic mass is 9.88. The number of carbonyl (C=O) groups is 1. The summed E-state index contributed by atoms with van der Waals surface area (Å²) in [6, 6.07) is 3.32. The monoisotopic (exact) mass is 302 g/mol. The number of phenolic OH excluding ortho intramolecular Hbond substituents is 1. The quantitative estimate of drug-likeness (QED) is 0.490. The number of rotatable bonds is 1. The molecule has 22 heavy (non-hydrogen) atoms. The first-order valence-electron chi connectivity index (χ1n) is 7.50. The average molecular weight is 302 g/mol. The normalized spacial score (nSPS) is 32.5. The van der Waals surface area contributed by atoms with Crippen LogP contribution in [0.25, 0.3) is 0 Å². The van der Waals surface area contributed by atoms with Crippen LogP contribution in [0.4, 0.5) is 0 Å².